The van der Waals surface area contributed by atoms with E-state index in [1.165, 1.54) is 0 Å². The van der Waals surface area contributed by atoms with E-state index in [1.807, 2.05) is 0 Å². The summed E-state index contributed by atoms with van der Waals surface area (Å²) in [7, 11) is 0. The lowest BCUT2D eigenvalue weighted by atomic mass is 9.81. The molecule has 0 saturated heterocycles. The first kappa shape index (κ1) is 12.7. The number of nitrogens with zero attached hydrogens (tertiary/aromatic N) is 1. The van der Waals surface area contributed by atoms with Crippen molar-refractivity contribution in [3.05, 3.63) is 40.3 Å². The molecule has 1 aromatic rings. The minimum Gasteiger partial charge on any atom is -0.478 e. The predicted octanol–water partition coefficient (Wildman–Crippen LogP) is 3.70. The van der Waals surface area contributed by atoms with Gasteiger partial charge in [0.2, 0.25) is 0 Å². The molecule has 0 aromatic heterocycles. The van der Waals surface area contributed by atoms with E-state index in [2.05, 4.69) is 5.18 Å². The molecule has 0 spiro atoms. The summed E-state index contributed by atoms with van der Waals surface area (Å²) in [6.07, 6.45) is 5.35. The van der Waals surface area contributed by atoms with Crippen molar-refractivity contribution in [2.24, 2.45) is 5.18 Å². The molecule has 0 bridgehead atoms. The quantitative estimate of drug-likeness (QED) is 0.654. The van der Waals surface area contributed by atoms with Crippen LogP contribution in [0, 0.1) is 4.91 Å². The number of nitroso groups, excluding NO2 is 1. The summed E-state index contributed by atoms with van der Waals surface area (Å²) in [5.74, 6) is -0.988. The Balaban J connectivity index is 2.49. The molecule has 1 aromatic carbocycles. The van der Waals surface area contributed by atoms with Gasteiger partial charge in [0.25, 0.3) is 0 Å². The molecule has 0 amide bonds. The van der Waals surface area contributed by atoms with Crippen LogP contribution in [0.2, 0.25) is 0 Å². The van der Waals surface area contributed by atoms with Gasteiger partial charge in [0.05, 0.1) is 5.56 Å². The Morgan fingerprint density at radius 2 is 1.72 bits per heavy atom. The van der Waals surface area contributed by atoms with Gasteiger partial charge in [0, 0.05) is 0 Å². The van der Waals surface area contributed by atoms with E-state index in [0.717, 1.165) is 25.7 Å². The molecule has 0 aliphatic heterocycles. The van der Waals surface area contributed by atoms with Crippen molar-refractivity contribution in [2.75, 3.05) is 0 Å². The summed E-state index contributed by atoms with van der Waals surface area (Å²) < 4.78 is 0. The van der Waals surface area contributed by atoms with Gasteiger partial charge in [-0.15, -0.1) is 4.91 Å². The van der Waals surface area contributed by atoms with Gasteiger partial charge in [-0.1, -0.05) is 49.1 Å². The second-order valence-corrected chi connectivity index (χ2v) is 4.89. The van der Waals surface area contributed by atoms with Crippen LogP contribution in [0.4, 0.5) is 0 Å². The molecule has 0 atom stereocenters. The largest absolute Gasteiger partial charge is 0.478 e. The number of aromatic carboxylic acids is 1. The molecule has 4 nitrogen and oxygen atoms in total. The number of benzene rings is 1. The Morgan fingerprint density at radius 1 is 1.11 bits per heavy atom. The molecule has 0 radical (unpaired) electrons. The van der Waals surface area contributed by atoms with Crippen LogP contribution in [0.25, 0.3) is 0 Å². The summed E-state index contributed by atoms with van der Waals surface area (Å²) in [5.41, 5.74) is -0.0562. The number of carboxylic acid groups (broad SMARTS) is 1. The smallest absolute Gasteiger partial charge is 0.336 e. The van der Waals surface area contributed by atoms with Crippen LogP contribution < -0.4 is 0 Å². The molecule has 1 saturated carbocycles. The second-order valence-electron chi connectivity index (χ2n) is 4.89. The maximum atomic E-state index is 11.4. The highest BCUT2D eigenvalue weighted by Gasteiger charge is 2.37. The molecule has 0 heterocycles. The highest BCUT2D eigenvalue weighted by molar-refractivity contribution is 5.89. The van der Waals surface area contributed by atoms with Crippen molar-refractivity contribution in [1.29, 1.82) is 0 Å². The van der Waals surface area contributed by atoms with Crippen LogP contribution in [0.1, 0.15) is 54.4 Å². The molecule has 1 fully saturated rings. The fourth-order valence-corrected chi connectivity index (χ4v) is 2.80. The molecule has 1 N–H and O–H groups in total. The number of carboxylic acids is 1. The molecule has 18 heavy (non-hydrogen) atoms. The Morgan fingerprint density at radius 3 is 2.28 bits per heavy atom. The molecule has 1 aliphatic rings. The maximum Gasteiger partial charge on any atom is 0.336 e. The third-order valence-corrected chi connectivity index (χ3v) is 3.76. The lowest BCUT2D eigenvalue weighted by Crippen LogP contribution is -2.25. The van der Waals surface area contributed by atoms with Gasteiger partial charge in [-0.25, -0.2) is 4.79 Å². The van der Waals surface area contributed by atoms with Gasteiger partial charge < -0.3 is 5.11 Å². The van der Waals surface area contributed by atoms with Gasteiger partial charge in [0.15, 0.2) is 0 Å². The summed E-state index contributed by atoms with van der Waals surface area (Å²) in [4.78, 5) is 22.6. The average molecular weight is 247 g/mol. The first-order valence-corrected chi connectivity index (χ1v) is 6.37. The topological polar surface area (TPSA) is 66.7 Å². The van der Waals surface area contributed by atoms with E-state index in [4.69, 9.17) is 0 Å². The Kier molecular flexibility index (Phi) is 3.75. The highest BCUT2D eigenvalue weighted by atomic mass is 16.4. The molecule has 2 rings (SSSR count). The molecular weight excluding hydrogens is 230 g/mol. The van der Waals surface area contributed by atoms with Crippen molar-refractivity contribution in [3.63, 3.8) is 0 Å². The minimum atomic E-state index is -0.988. The number of rotatable bonds is 3. The van der Waals surface area contributed by atoms with Crippen molar-refractivity contribution in [3.8, 4) is 0 Å². The standard InChI is InChI=1S/C14H17NO3/c16-13(17)11-7-3-4-8-12(11)14(15-18)9-5-1-2-6-10-14/h3-4,7-8H,1-2,5-6,9-10H2,(H,16,17). The zero-order valence-corrected chi connectivity index (χ0v) is 10.3. The predicted molar refractivity (Wildman–Crippen MR) is 68.6 cm³/mol. The molecule has 96 valence electrons. The summed E-state index contributed by atoms with van der Waals surface area (Å²) in [6, 6.07) is 6.74. The van der Waals surface area contributed by atoms with Gasteiger partial charge >= 0.3 is 5.97 Å². The van der Waals surface area contributed by atoms with Crippen LogP contribution in [-0.2, 0) is 5.54 Å². The molecule has 0 unspecified atom stereocenters. The van der Waals surface area contributed by atoms with Crippen LogP contribution in [-0.4, -0.2) is 11.1 Å². The van der Waals surface area contributed by atoms with Crippen LogP contribution in [0.3, 0.4) is 0 Å². The molecular formula is C14H17NO3. The molecule has 4 heteroatoms. The summed E-state index contributed by atoms with van der Waals surface area (Å²) in [6.45, 7) is 0. The summed E-state index contributed by atoms with van der Waals surface area (Å²) >= 11 is 0. The number of hydrogen-bond donors (Lipinski definition) is 1. The monoisotopic (exact) mass is 247 g/mol. The van der Waals surface area contributed by atoms with E-state index in [0.29, 0.717) is 18.4 Å². The lowest BCUT2D eigenvalue weighted by molar-refractivity contribution is 0.0693. The fourth-order valence-electron chi connectivity index (χ4n) is 2.80. The number of hydrogen-bond acceptors (Lipinski definition) is 3. The van der Waals surface area contributed by atoms with E-state index >= 15 is 0 Å². The van der Waals surface area contributed by atoms with Crippen molar-refractivity contribution in [1.82, 2.24) is 0 Å². The fraction of sp³-hybridized carbons (Fsp3) is 0.500. The third kappa shape index (κ3) is 2.28. The van der Waals surface area contributed by atoms with Gasteiger partial charge in [-0.3, -0.25) is 0 Å². The zero-order valence-electron chi connectivity index (χ0n) is 10.3. The minimum absolute atomic E-state index is 0.207. The van der Waals surface area contributed by atoms with E-state index < -0.39 is 11.5 Å². The van der Waals surface area contributed by atoms with Crippen LogP contribution in [0.15, 0.2) is 29.4 Å². The van der Waals surface area contributed by atoms with Gasteiger partial charge in [0.1, 0.15) is 5.54 Å². The second kappa shape index (κ2) is 5.29. The van der Waals surface area contributed by atoms with Crippen molar-refractivity contribution < 1.29 is 9.90 Å². The molecule has 1 aliphatic carbocycles. The third-order valence-electron chi connectivity index (χ3n) is 3.76. The van der Waals surface area contributed by atoms with E-state index in [9.17, 15) is 14.8 Å². The van der Waals surface area contributed by atoms with Crippen molar-refractivity contribution >= 4 is 5.97 Å². The lowest BCUT2D eigenvalue weighted by Gasteiger charge is -2.26. The normalized spacial score (nSPS) is 18.9. The maximum absolute atomic E-state index is 11.4. The van der Waals surface area contributed by atoms with Crippen LogP contribution in [0.5, 0.6) is 0 Å². The van der Waals surface area contributed by atoms with Gasteiger partial charge in [-0.05, 0) is 24.5 Å². The zero-order chi connectivity index (χ0) is 13.0. The first-order valence-electron chi connectivity index (χ1n) is 6.37. The summed E-state index contributed by atoms with van der Waals surface area (Å²) in [5, 5.41) is 12.6. The average Bonchev–Trinajstić information content (AvgIpc) is 2.65. The Bertz CT molecular complexity index is 448. The van der Waals surface area contributed by atoms with Gasteiger partial charge in [-0.2, -0.15) is 0 Å². The Labute approximate surface area is 106 Å². The van der Waals surface area contributed by atoms with Crippen molar-refractivity contribution in [2.45, 2.75) is 44.1 Å². The Hall–Kier alpha value is -1.71. The first-order chi connectivity index (χ1) is 8.69. The highest BCUT2D eigenvalue weighted by Crippen LogP contribution is 2.40. The van der Waals surface area contributed by atoms with E-state index in [1.54, 1.807) is 24.3 Å². The van der Waals surface area contributed by atoms with E-state index in [-0.39, 0.29) is 5.56 Å². The SMILES string of the molecule is O=NC1(c2ccccc2C(=O)O)CCCCCC1. The van der Waals surface area contributed by atoms with Crippen LogP contribution >= 0.6 is 0 Å². The number of carbonyl (C=O) groups is 1.